The largest absolute Gasteiger partial charge is 0.325 e. The summed E-state index contributed by atoms with van der Waals surface area (Å²) in [5, 5.41) is 2.83. The number of anilines is 2. The van der Waals surface area contributed by atoms with Crippen molar-refractivity contribution in [3.8, 4) is 0 Å². The van der Waals surface area contributed by atoms with E-state index < -0.39 is 0 Å². The van der Waals surface area contributed by atoms with E-state index in [9.17, 15) is 14.4 Å². The molecule has 0 spiro atoms. The maximum atomic E-state index is 13.4. The van der Waals surface area contributed by atoms with Crippen LogP contribution in [0.3, 0.4) is 0 Å². The monoisotopic (exact) mass is 465 g/mol. The van der Waals surface area contributed by atoms with Gasteiger partial charge in [-0.1, -0.05) is 73.7 Å². The molecule has 32 heavy (non-hydrogen) atoms. The number of hydrogen-bond acceptors (Lipinski definition) is 5. The molecule has 1 N–H and O–H groups in total. The van der Waals surface area contributed by atoms with Gasteiger partial charge in [-0.3, -0.25) is 24.2 Å². The highest BCUT2D eigenvalue weighted by Gasteiger charge is 2.42. The zero-order chi connectivity index (χ0) is 23.0. The lowest BCUT2D eigenvalue weighted by Gasteiger charge is -2.17. The maximum absolute atomic E-state index is 13.4. The third-order valence-corrected chi connectivity index (χ3v) is 6.63. The van der Waals surface area contributed by atoms with Crippen LogP contribution in [0.2, 0.25) is 0 Å². The van der Waals surface area contributed by atoms with E-state index in [2.05, 4.69) is 5.32 Å². The Bertz CT molecular complexity index is 1160. The predicted molar refractivity (Wildman–Crippen MR) is 132 cm³/mol. The highest BCUT2D eigenvalue weighted by molar-refractivity contribution is 8.26. The first-order valence-electron chi connectivity index (χ1n) is 10.3. The maximum Gasteiger partial charge on any atom is 0.267 e. The van der Waals surface area contributed by atoms with Crippen molar-refractivity contribution in [2.45, 2.75) is 20.8 Å². The van der Waals surface area contributed by atoms with Gasteiger partial charge in [0.2, 0.25) is 5.91 Å². The van der Waals surface area contributed by atoms with Crippen molar-refractivity contribution in [3.05, 3.63) is 64.6 Å². The average Bonchev–Trinajstić information content (AvgIpc) is 3.17. The zero-order valence-corrected chi connectivity index (χ0v) is 19.7. The molecule has 0 aromatic heterocycles. The van der Waals surface area contributed by atoms with Gasteiger partial charge in [0, 0.05) is 17.8 Å². The van der Waals surface area contributed by atoms with Crippen LogP contribution in [0.15, 0.2) is 53.4 Å². The molecule has 1 saturated heterocycles. The molecule has 0 radical (unpaired) electrons. The fourth-order valence-electron chi connectivity index (χ4n) is 3.71. The third-order valence-electron chi connectivity index (χ3n) is 5.18. The molecular formula is C24H23N3O3S2. The number of hydrogen-bond donors (Lipinski definition) is 1. The number of nitrogens with one attached hydrogen (secondary N) is 1. The summed E-state index contributed by atoms with van der Waals surface area (Å²) in [6.45, 7) is 6.34. The Labute approximate surface area is 196 Å². The fraction of sp³-hybridized carbons (Fsp3) is 0.250. The topological polar surface area (TPSA) is 69.7 Å². The lowest BCUT2D eigenvalue weighted by Crippen LogP contribution is -2.36. The van der Waals surface area contributed by atoms with E-state index in [4.69, 9.17) is 12.2 Å². The Balaban J connectivity index is 1.63. The summed E-state index contributed by atoms with van der Waals surface area (Å²) >= 11 is 6.56. The van der Waals surface area contributed by atoms with Crippen LogP contribution in [0.1, 0.15) is 25.0 Å². The van der Waals surface area contributed by atoms with Gasteiger partial charge in [0.05, 0.1) is 16.2 Å². The fourth-order valence-corrected chi connectivity index (χ4v) is 5.06. The van der Waals surface area contributed by atoms with Crippen molar-refractivity contribution < 1.29 is 14.4 Å². The highest BCUT2D eigenvalue weighted by Crippen LogP contribution is 2.44. The van der Waals surface area contributed by atoms with Crippen LogP contribution in [0.5, 0.6) is 0 Å². The van der Waals surface area contributed by atoms with Gasteiger partial charge < -0.3 is 5.32 Å². The molecule has 2 aliphatic rings. The van der Waals surface area contributed by atoms with Gasteiger partial charge in [-0.05, 0) is 31.0 Å². The second-order valence-electron chi connectivity index (χ2n) is 8.20. The van der Waals surface area contributed by atoms with Gasteiger partial charge in [0.15, 0.2) is 0 Å². The third kappa shape index (κ3) is 4.20. The van der Waals surface area contributed by atoms with Crippen molar-refractivity contribution in [2.75, 3.05) is 23.3 Å². The van der Waals surface area contributed by atoms with Crippen molar-refractivity contribution in [3.63, 3.8) is 0 Å². The number of para-hydroxylation sites is 1. The number of carbonyl (C=O) groups excluding carboxylic acids is 3. The summed E-state index contributed by atoms with van der Waals surface area (Å²) in [6, 6.07) is 14.7. The highest BCUT2D eigenvalue weighted by atomic mass is 32.2. The molecule has 8 heteroatoms. The SMILES string of the molecule is Cc1ccc(NC(=O)CN2C(=O)/C(=C3/SC(=S)N(CC(C)C)C3=O)c3ccccc32)cc1. The van der Waals surface area contributed by atoms with Crippen molar-refractivity contribution in [1.82, 2.24) is 4.90 Å². The van der Waals surface area contributed by atoms with E-state index in [1.54, 1.807) is 17.0 Å². The number of rotatable bonds is 5. The molecule has 2 heterocycles. The quantitative estimate of drug-likeness (QED) is 0.529. The minimum absolute atomic E-state index is 0.153. The Kier molecular flexibility index (Phi) is 6.17. The summed E-state index contributed by atoms with van der Waals surface area (Å²) in [4.78, 5) is 42.5. The first-order chi connectivity index (χ1) is 15.3. The van der Waals surface area contributed by atoms with Crippen LogP contribution in [-0.2, 0) is 14.4 Å². The normalized spacial score (nSPS) is 18.1. The van der Waals surface area contributed by atoms with Gasteiger partial charge in [-0.15, -0.1) is 0 Å². The van der Waals surface area contributed by atoms with Gasteiger partial charge in [-0.2, -0.15) is 0 Å². The summed E-state index contributed by atoms with van der Waals surface area (Å²) < 4.78 is 0.451. The predicted octanol–water partition coefficient (Wildman–Crippen LogP) is 4.21. The number of thioether (sulfide) groups is 1. The van der Waals surface area contributed by atoms with Crippen LogP contribution in [-0.4, -0.2) is 40.0 Å². The number of benzene rings is 2. The van der Waals surface area contributed by atoms with E-state index in [1.807, 2.05) is 57.2 Å². The van der Waals surface area contributed by atoms with Gasteiger partial charge in [-0.25, -0.2) is 0 Å². The molecule has 2 aliphatic heterocycles. The molecule has 2 aromatic rings. The Morgan fingerprint density at radius 2 is 1.72 bits per heavy atom. The minimum Gasteiger partial charge on any atom is -0.325 e. The molecule has 1 fully saturated rings. The lowest BCUT2D eigenvalue weighted by molar-refractivity contribution is -0.122. The van der Waals surface area contributed by atoms with E-state index >= 15 is 0 Å². The summed E-state index contributed by atoms with van der Waals surface area (Å²) in [5.74, 6) is -0.686. The standard InChI is InChI=1S/C24H23N3O3S2/c1-14(2)12-27-23(30)21(32-24(27)31)20-17-6-4-5-7-18(17)26(22(20)29)13-19(28)25-16-10-8-15(3)9-11-16/h4-11,14H,12-13H2,1-3H3,(H,25,28)/b21-20+. The number of fused-ring (bicyclic) bond motifs is 1. The number of aryl methyl sites for hydroxylation is 1. The summed E-state index contributed by atoms with van der Waals surface area (Å²) in [5.41, 5.74) is 3.32. The van der Waals surface area contributed by atoms with E-state index in [0.717, 1.165) is 17.3 Å². The number of amides is 3. The molecular weight excluding hydrogens is 442 g/mol. The lowest BCUT2D eigenvalue weighted by atomic mass is 10.1. The molecule has 6 nitrogen and oxygen atoms in total. The second-order valence-corrected chi connectivity index (χ2v) is 9.85. The second kappa shape index (κ2) is 8.88. The van der Waals surface area contributed by atoms with E-state index in [1.165, 1.54) is 4.90 Å². The van der Waals surface area contributed by atoms with Crippen LogP contribution in [0.25, 0.3) is 5.57 Å². The summed E-state index contributed by atoms with van der Waals surface area (Å²) in [6.07, 6.45) is 0. The van der Waals surface area contributed by atoms with Gasteiger partial charge in [0.1, 0.15) is 10.9 Å². The summed E-state index contributed by atoms with van der Waals surface area (Å²) in [7, 11) is 0. The van der Waals surface area contributed by atoms with Crippen molar-refractivity contribution in [2.24, 2.45) is 5.92 Å². The van der Waals surface area contributed by atoms with Crippen LogP contribution in [0, 0.1) is 12.8 Å². The van der Waals surface area contributed by atoms with Crippen LogP contribution >= 0.6 is 24.0 Å². The zero-order valence-electron chi connectivity index (χ0n) is 18.0. The average molecular weight is 466 g/mol. The Morgan fingerprint density at radius 1 is 1.03 bits per heavy atom. The molecule has 0 unspecified atom stereocenters. The minimum atomic E-state index is -0.365. The van der Waals surface area contributed by atoms with Crippen molar-refractivity contribution >= 4 is 63.0 Å². The molecule has 164 valence electrons. The molecule has 0 aliphatic carbocycles. The van der Waals surface area contributed by atoms with E-state index in [-0.39, 0.29) is 30.2 Å². The first-order valence-corrected chi connectivity index (χ1v) is 11.5. The number of carbonyl (C=O) groups is 3. The molecule has 0 atom stereocenters. The number of nitrogens with zero attached hydrogens (tertiary/aromatic N) is 2. The Morgan fingerprint density at radius 3 is 2.41 bits per heavy atom. The molecule has 3 amide bonds. The van der Waals surface area contributed by atoms with Crippen LogP contribution in [0.4, 0.5) is 11.4 Å². The van der Waals surface area contributed by atoms with Crippen LogP contribution < -0.4 is 10.2 Å². The van der Waals surface area contributed by atoms with E-state index in [0.29, 0.717) is 38.3 Å². The molecule has 2 aromatic carbocycles. The molecule has 0 bridgehead atoms. The van der Waals surface area contributed by atoms with Gasteiger partial charge >= 0.3 is 0 Å². The Hall–Kier alpha value is -2.97. The number of thiocarbonyl (C=S) groups is 1. The molecule has 4 rings (SSSR count). The smallest absolute Gasteiger partial charge is 0.267 e. The molecule has 0 saturated carbocycles. The van der Waals surface area contributed by atoms with Gasteiger partial charge in [0.25, 0.3) is 11.8 Å². The van der Waals surface area contributed by atoms with Crippen molar-refractivity contribution in [1.29, 1.82) is 0 Å². The first kappa shape index (κ1) is 22.2.